The van der Waals surface area contributed by atoms with E-state index >= 15 is 0 Å². The molecule has 0 aliphatic carbocycles. The monoisotopic (exact) mass is 179 g/mol. The number of benzene rings is 1. The van der Waals surface area contributed by atoms with Crippen molar-refractivity contribution in [2.75, 3.05) is 7.11 Å². The summed E-state index contributed by atoms with van der Waals surface area (Å²) in [6, 6.07) is 4.64. The van der Waals surface area contributed by atoms with Crippen molar-refractivity contribution in [2.24, 2.45) is 0 Å². The maximum Gasteiger partial charge on any atom is 0.127 e. The fraction of sp³-hybridized carbons (Fsp3) is 0.182. The summed E-state index contributed by atoms with van der Waals surface area (Å²) in [5.41, 5.74) is 0.536. The molecule has 0 N–H and O–H groups in total. The second kappa shape index (κ2) is 4.08. The molecule has 0 bridgehead atoms. The zero-order valence-corrected chi connectivity index (χ0v) is 7.80. The summed E-state index contributed by atoms with van der Waals surface area (Å²) in [6.45, 7) is 5.40. The Kier molecular flexibility index (Phi) is 3.07. The summed E-state index contributed by atoms with van der Waals surface area (Å²) in [5.74, 6) is 1.20. The average Bonchev–Trinajstić information content (AvgIpc) is 2.17. The Balaban J connectivity index is 3.10. The normalized spacial score (nSPS) is 10.2. The maximum atomic E-state index is 13.2. The highest BCUT2D eigenvalue weighted by molar-refractivity contribution is 5.41. The van der Waals surface area contributed by atoms with E-state index in [9.17, 15) is 4.39 Å². The van der Waals surface area contributed by atoms with Crippen LogP contribution < -0.4 is 4.74 Å². The first-order valence-corrected chi connectivity index (χ1v) is 3.99. The standard InChI is InChI=1S/C11H12FO/c1-4-8(2)10-7-9(13-3)5-6-11(10)12/h4-7H,1H2,2-3H3. The minimum absolute atomic E-state index is 0.252. The second-order valence-electron chi connectivity index (χ2n) is 2.73. The third-order valence-corrected chi connectivity index (χ3v) is 1.90. The Morgan fingerprint density at radius 3 is 2.77 bits per heavy atom. The van der Waals surface area contributed by atoms with Gasteiger partial charge in [0, 0.05) is 11.5 Å². The maximum absolute atomic E-state index is 13.2. The lowest BCUT2D eigenvalue weighted by Crippen LogP contribution is -1.95. The molecule has 2 heteroatoms. The first kappa shape index (κ1) is 9.78. The van der Waals surface area contributed by atoms with Gasteiger partial charge in [-0.05, 0) is 18.2 Å². The molecule has 0 heterocycles. The molecule has 0 aromatic heterocycles. The molecule has 0 saturated heterocycles. The van der Waals surface area contributed by atoms with E-state index in [1.165, 1.54) is 6.07 Å². The van der Waals surface area contributed by atoms with E-state index in [1.807, 2.05) is 6.92 Å². The fourth-order valence-corrected chi connectivity index (χ4v) is 1.04. The van der Waals surface area contributed by atoms with Gasteiger partial charge < -0.3 is 4.74 Å². The van der Waals surface area contributed by atoms with E-state index in [-0.39, 0.29) is 5.82 Å². The number of ether oxygens (including phenoxy) is 1. The Morgan fingerprint density at radius 1 is 1.54 bits per heavy atom. The zero-order chi connectivity index (χ0) is 9.84. The quantitative estimate of drug-likeness (QED) is 0.693. The summed E-state index contributed by atoms with van der Waals surface area (Å²) >= 11 is 0. The smallest absolute Gasteiger partial charge is 0.127 e. The molecule has 0 atom stereocenters. The van der Waals surface area contributed by atoms with E-state index in [1.54, 1.807) is 25.3 Å². The zero-order valence-electron chi connectivity index (χ0n) is 7.80. The summed E-state index contributed by atoms with van der Waals surface area (Å²) in [7, 11) is 1.56. The van der Waals surface area contributed by atoms with Gasteiger partial charge in [-0.3, -0.25) is 0 Å². The largest absolute Gasteiger partial charge is 0.497 e. The van der Waals surface area contributed by atoms with Crippen LogP contribution in [-0.2, 0) is 0 Å². The Labute approximate surface area is 77.8 Å². The molecular formula is C11H12FO. The number of hydrogen-bond donors (Lipinski definition) is 0. The molecule has 0 aliphatic rings. The molecule has 1 radical (unpaired) electrons. The van der Waals surface area contributed by atoms with Gasteiger partial charge >= 0.3 is 0 Å². The average molecular weight is 179 g/mol. The molecule has 1 aromatic rings. The summed E-state index contributed by atoms with van der Waals surface area (Å²) in [6.07, 6.45) is 1.62. The van der Waals surface area contributed by atoms with Gasteiger partial charge in [0.25, 0.3) is 0 Å². The van der Waals surface area contributed by atoms with Crippen molar-refractivity contribution in [3.05, 3.63) is 48.2 Å². The van der Waals surface area contributed by atoms with Crippen LogP contribution >= 0.6 is 0 Å². The lowest BCUT2D eigenvalue weighted by Gasteiger charge is -2.08. The predicted molar refractivity (Wildman–Crippen MR) is 51.2 cm³/mol. The number of rotatable bonds is 3. The van der Waals surface area contributed by atoms with Gasteiger partial charge in [-0.1, -0.05) is 13.0 Å². The number of hydrogen-bond acceptors (Lipinski definition) is 1. The summed E-state index contributed by atoms with van der Waals surface area (Å²) < 4.78 is 18.2. The van der Waals surface area contributed by atoms with Gasteiger partial charge in [0.2, 0.25) is 0 Å². The number of halogens is 1. The van der Waals surface area contributed by atoms with Gasteiger partial charge in [0.1, 0.15) is 11.6 Å². The van der Waals surface area contributed by atoms with E-state index < -0.39 is 0 Å². The Morgan fingerprint density at radius 2 is 2.23 bits per heavy atom. The molecule has 69 valence electrons. The van der Waals surface area contributed by atoms with E-state index in [4.69, 9.17) is 4.74 Å². The lowest BCUT2D eigenvalue weighted by molar-refractivity contribution is 0.413. The summed E-state index contributed by atoms with van der Waals surface area (Å²) in [4.78, 5) is 0. The first-order valence-electron chi connectivity index (χ1n) is 3.99. The van der Waals surface area contributed by atoms with Crippen LogP contribution in [-0.4, -0.2) is 7.11 Å². The van der Waals surface area contributed by atoms with Crippen molar-refractivity contribution in [3.8, 4) is 5.75 Å². The van der Waals surface area contributed by atoms with Crippen molar-refractivity contribution >= 4 is 0 Å². The molecule has 0 fully saturated rings. The van der Waals surface area contributed by atoms with E-state index in [0.717, 1.165) is 5.92 Å². The SMILES string of the molecule is C=C[C](C)c1cc(OC)ccc1F. The van der Waals surface area contributed by atoms with Crippen LogP contribution in [0.15, 0.2) is 30.9 Å². The molecular weight excluding hydrogens is 167 g/mol. The minimum Gasteiger partial charge on any atom is -0.497 e. The van der Waals surface area contributed by atoms with Crippen LogP contribution in [0.4, 0.5) is 4.39 Å². The van der Waals surface area contributed by atoms with Gasteiger partial charge in [-0.25, -0.2) is 4.39 Å². The van der Waals surface area contributed by atoms with Crippen molar-refractivity contribution in [2.45, 2.75) is 6.92 Å². The molecule has 13 heavy (non-hydrogen) atoms. The third kappa shape index (κ3) is 2.08. The van der Waals surface area contributed by atoms with Gasteiger partial charge in [-0.15, -0.1) is 6.58 Å². The van der Waals surface area contributed by atoms with E-state index in [2.05, 4.69) is 6.58 Å². The van der Waals surface area contributed by atoms with Crippen molar-refractivity contribution in [3.63, 3.8) is 0 Å². The van der Waals surface area contributed by atoms with Crippen molar-refractivity contribution in [1.29, 1.82) is 0 Å². The molecule has 0 unspecified atom stereocenters. The van der Waals surface area contributed by atoms with Crippen molar-refractivity contribution < 1.29 is 9.13 Å². The molecule has 0 spiro atoms. The van der Waals surface area contributed by atoms with E-state index in [0.29, 0.717) is 11.3 Å². The van der Waals surface area contributed by atoms with Crippen LogP contribution in [0.3, 0.4) is 0 Å². The van der Waals surface area contributed by atoms with Crippen LogP contribution in [0.5, 0.6) is 5.75 Å². The minimum atomic E-state index is -0.252. The summed E-state index contributed by atoms with van der Waals surface area (Å²) in [5, 5.41) is 0. The lowest BCUT2D eigenvalue weighted by atomic mass is 10.0. The highest BCUT2D eigenvalue weighted by Gasteiger charge is 2.09. The van der Waals surface area contributed by atoms with Crippen LogP contribution in [0, 0.1) is 11.7 Å². The molecule has 0 amide bonds. The van der Waals surface area contributed by atoms with Crippen LogP contribution in [0.2, 0.25) is 0 Å². The Bertz CT molecular complexity index is 307. The molecule has 1 aromatic carbocycles. The van der Waals surface area contributed by atoms with Gasteiger partial charge in [0.15, 0.2) is 0 Å². The predicted octanol–water partition coefficient (Wildman–Crippen LogP) is 2.96. The number of methoxy groups -OCH3 is 1. The second-order valence-corrected chi connectivity index (χ2v) is 2.73. The first-order chi connectivity index (χ1) is 6.19. The highest BCUT2D eigenvalue weighted by Crippen LogP contribution is 2.23. The Hall–Kier alpha value is -1.31. The molecule has 1 rings (SSSR count). The fourth-order valence-electron chi connectivity index (χ4n) is 1.04. The van der Waals surface area contributed by atoms with Gasteiger partial charge in [-0.2, -0.15) is 0 Å². The van der Waals surface area contributed by atoms with Crippen LogP contribution in [0.25, 0.3) is 0 Å². The third-order valence-electron chi connectivity index (χ3n) is 1.90. The number of allylic oxidation sites excluding steroid dienone is 1. The van der Waals surface area contributed by atoms with Crippen LogP contribution in [0.1, 0.15) is 12.5 Å². The molecule has 0 saturated carbocycles. The molecule has 0 aliphatic heterocycles. The topological polar surface area (TPSA) is 9.23 Å². The van der Waals surface area contributed by atoms with Crippen molar-refractivity contribution in [1.82, 2.24) is 0 Å². The molecule has 1 nitrogen and oxygen atoms in total. The highest BCUT2D eigenvalue weighted by atomic mass is 19.1. The van der Waals surface area contributed by atoms with Gasteiger partial charge in [0.05, 0.1) is 7.11 Å².